The molecule has 5 nitrogen and oxygen atoms in total. The SMILES string of the molecule is CCCC(C)(O)C(=O)NCc1cccc(-c2cnn(C)c2)c1. The molecule has 0 spiro atoms. The van der Waals surface area contributed by atoms with Gasteiger partial charge >= 0.3 is 0 Å². The van der Waals surface area contributed by atoms with E-state index in [1.54, 1.807) is 11.6 Å². The number of aryl methyl sites for hydroxylation is 1. The number of nitrogens with zero attached hydrogens (tertiary/aromatic N) is 2. The van der Waals surface area contributed by atoms with E-state index in [1.807, 2.05) is 50.6 Å². The van der Waals surface area contributed by atoms with Crippen LogP contribution in [0.1, 0.15) is 32.3 Å². The van der Waals surface area contributed by atoms with Crippen molar-refractivity contribution in [3.05, 3.63) is 42.2 Å². The molecule has 0 radical (unpaired) electrons. The third-order valence-electron chi connectivity index (χ3n) is 3.64. The molecule has 22 heavy (non-hydrogen) atoms. The average Bonchev–Trinajstić information content (AvgIpc) is 2.91. The van der Waals surface area contributed by atoms with E-state index in [0.717, 1.165) is 23.1 Å². The normalized spacial score (nSPS) is 13.6. The minimum Gasteiger partial charge on any atom is -0.380 e. The van der Waals surface area contributed by atoms with Gasteiger partial charge in [-0.15, -0.1) is 0 Å². The predicted octanol–water partition coefficient (Wildman–Crippen LogP) is 2.25. The van der Waals surface area contributed by atoms with Gasteiger partial charge in [-0.3, -0.25) is 9.48 Å². The lowest BCUT2D eigenvalue weighted by Crippen LogP contribution is -2.44. The summed E-state index contributed by atoms with van der Waals surface area (Å²) in [5.41, 5.74) is 1.77. The number of amides is 1. The summed E-state index contributed by atoms with van der Waals surface area (Å²) in [5.74, 6) is -0.332. The van der Waals surface area contributed by atoms with Crippen molar-refractivity contribution in [1.29, 1.82) is 0 Å². The molecule has 0 fully saturated rings. The minimum absolute atomic E-state index is 0.332. The third-order valence-corrected chi connectivity index (χ3v) is 3.64. The molecule has 1 atom stereocenters. The van der Waals surface area contributed by atoms with Gasteiger partial charge in [0.05, 0.1) is 6.20 Å². The fourth-order valence-electron chi connectivity index (χ4n) is 2.40. The Morgan fingerprint density at radius 2 is 2.18 bits per heavy atom. The van der Waals surface area contributed by atoms with Crippen molar-refractivity contribution in [2.75, 3.05) is 0 Å². The van der Waals surface area contributed by atoms with E-state index in [0.29, 0.717) is 13.0 Å². The topological polar surface area (TPSA) is 67.2 Å². The van der Waals surface area contributed by atoms with Gasteiger partial charge < -0.3 is 10.4 Å². The minimum atomic E-state index is -1.31. The Bertz CT molecular complexity index is 647. The molecule has 2 N–H and O–H groups in total. The van der Waals surface area contributed by atoms with Crippen LogP contribution in [-0.4, -0.2) is 26.4 Å². The number of rotatable bonds is 6. The van der Waals surface area contributed by atoms with Gasteiger partial charge in [-0.2, -0.15) is 5.10 Å². The van der Waals surface area contributed by atoms with Crippen LogP contribution in [0.25, 0.3) is 11.1 Å². The Labute approximate surface area is 131 Å². The smallest absolute Gasteiger partial charge is 0.251 e. The lowest BCUT2D eigenvalue weighted by atomic mass is 9.99. The van der Waals surface area contributed by atoms with Crippen molar-refractivity contribution >= 4 is 5.91 Å². The Kier molecular flexibility index (Phi) is 4.98. The number of hydrogen-bond acceptors (Lipinski definition) is 3. The van der Waals surface area contributed by atoms with Gasteiger partial charge in [0, 0.05) is 25.4 Å². The van der Waals surface area contributed by atoms with E-state index in [9.17, 15) is 9.90 Å². The van der Waals surface area contributed by atoms with Gasteiger partial charge in [0.25, 0.3) is 5.91 Å². The molecule has 1 amide bonds. The standard InChI is InChI=1S/C17H23N3O2/c1-4-8-17(2,22)16(21)18-10-13-6-5-7-14(9-13)15-11-19-20(3)12-15/h5-7,9,11-12,22H,4,8,10H2,1-3H3,(H,18,21). The Morgan fingerprint density at radius 3 is 2.82 bits per heavy atom. The van der Waals surface area contributed by atoms with E-state index in [-0.39, 0.29) is 5.91 Å². The number of aromatic nitrogens is 2. The van der Waals surface area contributed by atoms with Crippen molar-refractivity contribution in [2.45, 2.75) is 38.8 Å². The Hall–Kier alpha value is -2.14. The molecule has 0 aliphatic carbocycles. The van der Waals surface area contributed by atoms with Gasteiger partial charge in [-0.1, -0.05) is 31.5 Å². The van der Waals surface area contributed by atoms with E-state index >= 15 is 0 Å². The molecule has 2 rings (SSSR count). The number of aliphatic hydroxyl groups is 1. The van der Waals surface area contributed by atoms with Gasteiger partial charge in [0.2, 0.25) is 0 Å². The van der Waals surface area contributed by atoms with Gasteiger partial charge in [0.15, 0.2) is 0 Å². The first kappa shape index (κ1) is 16.2. The first-order valence-corrected chi connectivity index (χ1v) is 7.51. The quantitative estimate of drug-likeness (QED) is 0.860. The second kappa shape index (κ2) is 6.75. The van der Waals surface area contributed by atoms with Crippen LogP contribution < -0.4 is 5.32 Å². The molecule has 0 bridgehead atoms. The summed E-state index contributed by atoms with van der Waals surface area (Å²) in [6.07, 6.45) is 4.97. The lowest BCUT2D eigenvalue weighted by Gasteiger charge is -2.21. The number of nitrogens with one attached hydrogen (secondary N) is 1. The second-order valence-corrected chi connectivity index (χ2v) is 5.81. The molecule has 0 aliphatic heterocycles. The molecule has 5 heteroatoms. The van der Waals surface area contributed by atoms with Crippen LogP contribution in [0.2, 0.25) is 0 Å². The maximum Gasteiger partial charge on any atom is 0.251 e. The lowest BCUT2D eigenvalue weighted by molar-refractivity contribution is -0.138. The molecule has 1 aromatic heterocycles. The number of carbonyl (C=O) groups excluding carboxylic acids is 1. The van der Waals surface area contributed by atoms with E-state index < -0.39 is 5.60 Å². The zero-order chi connectivity index (χ0) is 16.2. The molecule has 1 heterocycles. The van der Waals surface area contributed by atoms with Crippen LogP contribution in [0.15, 0.2) is 36.7 Å². The highest BCUT2D eigenvalue weighted by atomic mass is 16.3. The van der Waals surface area contributed by atoms with Crippen molar-refractivity contribution in [1.82, 2.24) is 15.1 Å². The molecule has 0 saturated heterocycles. The fourth-order valence-corrected chi connectivity index (χ4v) is 2.40. The Balaban J connectivity index is 2.04. The summed E-state index contributed by atoms with van der Waals surface area (Å²) >= 11 is 0. The Morgan fingerprint density at radius 1 is 1.41 bits per heavy atom. The maximum absolute atomic E-state index is 12.0. The molecular weight excluding hydrogens is 278 g/mol. The molecule has 0 aliphatic rings. The zero-order valence-electron chi connectivity index (χ0n) is 13.3. The first-order valence-electron chi connectivity index (χ1n) is 7.51. The number of hydrogen-bond donors (Lipinski definition) is 2. The van der Waals surface area contributed by atoms with Crippen molar-refractivity contribution < 1.29 is 9.90 Å². The number of benzene rings is 1. The highest BCUT2D eigenvalue weighted by Gasteiger charge is 2.28. The summed E-state index contributed by atoms with van der Waals surface area (Å²) in [6, 6.07) is 7.93. The summed E-state index contributed by atoms with van der Waals surface area (Å²) in [6.45, 7) is 3.89. The molecular formula is C17H23N3O2. The summed E-state index contributed by atoms with van der Waals surface area (Å²) in [5, 5.41) is 17.0. The highest BCUT2D eigenvalue weighted by Crippen LogP contribution is 2.19. The summed E-state index contributed by atoms with van der Waals surface area (Å²) in [7, 11) is 1.88. The third kappa shape index (κ3) is 3.95. The van der Waals surface area contributed by atoms with Crippen LogP contribution >= 0.6 is 0 Å². The maximum atomic E-state index is 12.0. The van der Waals surface area contributed by atoms with Crippen LogP contribution in [0.4, 0.5) is 0 Å². The van der Waals surface area contributed by atoms with Gasteiger partial charge in [-0.25, -0.2) is 0 Å². The van der Waals surface area contributed by atoms with E-state index in [2.05, 4.69) is 10.4 Å². The van der Waals surface area contributed by atoms with E-state index in [1.165, 1.54) is 0 Å². The molecule has 1 aromatic carbocycles. The summed E-state index contributed by atoms with van der Waals surface area (Å²) < 4.78 is 1.76. The first-order chi connectivity index (χ1) is 10.4. The molecule has 0 saturated carbocycles. The van der Waals surface area contributed by atoms with Crippen LogP contribution in [0, 0.1) is 0 Å². The molecule has 1 unspecified atom stereocenters. The molecule has 2 aromatic rings. The van der Waals surface area contributed by atoms with Crippen LogP contribution in [-0.2, 0) is 18.4 Å². The van der Waals surface area contributed by atoms with Crippen molar-refractivity contribution in [2.24, 2.45) is 7.05 Å². The van der Waals surface area contributed by atoms with Crippen LogP contribution in [0.5, 0.6) is 0 Å². The van der Waals surface area contributed by atoms with Crippen LogP contribution in [0.3, 0.4) is 0 Å². The highest BCUT2D eigenvalue weighted by molar-refractivity contribution is 5.84. The average molecular weight is 301 g/mol. The van der Waals surface area contributed by atoms with E-state index in [4.69, 9.17) is 0 Å². The molecule has 118 valence electrons. The number of carbonyl (C=O) groups is 1. The summed E-state index contributed by atoms with van der Waals surface area (Å²) in [4.78, 5) is 12.0. The fraction of sp³-hybridized carbons (Fsp3) is 0.412. The predicted molar refractivity (Wildman–Crippen MR) is 86.0 cm³/mol. The monoisotopic (exact) mass is 301 g/mol. The van der Waals surface area contributed by atoms with Gasteiger partial charge in [-0.05, 0) is 30.5 Å². The largest absolute Gasteiger partial charge is 0.380 e. The zero-order valence-corrected chi connectivity index (χ0v) is 13.3. The second-order valence-electron chi connectivity index (χ2n) is 5.81. The van der Waals surface area contributed by atoms with Crippen molar-refractivity contribution in [3.63, 3.8) is 0 Å². The van der Waals surface area contributed by atoms with Crippen molar-refractivity contribution in [3.8, 4) is 11.1 Å². The van der Waals surface area contributed by atoms with Gasteiger partial charge in [0.1, 0.15) is 5.60 Å².